The third-order valence-electron chi connectivity index (χ3n) is 3.80. The van der Waals surface area contributed by atoms with E-state index in [-0.39, 0.29) is 5.91 Å². The van der Waals surface area contributed by atoms with Gasteiger partial charge in [-0.3, -0.25) is 9.69 Å². The van der Waals surface area contributed by atoms with Gasteiger partial charge in [-0.15, -0.1) is 0 Å². The van der Waals surface area contributed by atoms with E-state index in [1.54, 1.807) is 0 Å². The van der Waals surface area contributed by atoms with Crippen molar-refractivity contribution in [3.63, 3.8) is 0 Å². The Bertz CT molecular complexity index is 519. The molecule has 1 amide bonds. The summed E-state index contributed by atoms with van der Waals surface area (Å²) in [5.74, 6) is -0.252. The first-order chi connectivity index (χ1) is 9.10. The van der Waals surface area contributed by atoms with Crippen LogP contribution in [0.5, 0.6) is 0 Å². The molecule has 5 heteroatoms. The van der Waals surface area contributed by atoms with Crippen molar-refractivity contribution >= 4 is 23.2 Å². The molecule has 2 heterocycles. The number of amides is 1. The Balaban J connectivity index is 1.88. The summed E-state index contributed by atoms with van der Waals surface area (Å²) in [7, 11) is 0. The lowest BCUT2D eigenvalue weighted by Gasteiger charge is -2.48. The van der Waals surface area contributed by atoms with Crippen molar-refractivity contribution in [1.29, 1.82) is 0 Å². The third-order valence-corrected chi connectivity index (χ3v) is 4.28. The summed E-state index contributed by atoms with van der Waals surface area (Å²) in [6, 6.07) is 9.72. The first-order valence-electron chi connectivity index (χ1n) is 6.47. The number of piperidine rings is 1. The van der Waals surface area contributed by atoms with Crippen LogP contribution in [0, 0.1) is 0 Å². The van der Waals surface area contributed by atoms with Gasteiger partial charge < -0.3 is 10.0 Å². The highest BCUT2D eigenvalue weighted by Crippen LogP contribution is 2.30. The van der Waals surface area contributed by atoms with E-state index < -0.39 is 5.60 Å². The van der Waals surface area contributed by atoms with Crippen LogP contribution in [0.3, 0.4) is 0 Å². The predicted molar refractivity (Wildman–Crippen MR) is 75.3 cm³/mol. The summed E-state index contributed by atoms with van der Waals surface area (Å²) < 4.78 is 0. The second kappa shape index (κ2) is 4.58. The molecule has 0 radical (unpaired) electrons. The van der Waals surface area contributed by atoms with Crippen LogP contribution >= 0.6 is 12.2 Å². The number of carbonyl (C=O) groups excluding carboxylic acids is 1. The Morgan fingerprint density at radius 2 is 2.05 bits per heavy atom. The predicted octanol–water partition coefficient (Wildman–Crippen LogP) is 1.14. The van der Waals surface area contributed by atoms with E-state index >= 15 is 0 Å². The summed E-state index contributed by atoms with van der Waals surface area (Å²) >= 11 is 5.38. The molecule has 100 valence electrons. The molecule has 0 aromatic heterocycles. The van der Waals surface area contributed by atoms with E-state index in [1.165, 1.54) is 4.90 Å². The fourth-order valence-corrected chi connectivity index (χ4v) is 3.09. The number of thiocarbonyl (C=S) groups is 1. The van der Waals surface area contributed by atoms with Crippen LogP contribution in [0.2, 0.25) is 0 Å². The first kappa shape index (κ1) is 12.6. The second-order valence-corrected chi connectivity index (χ2v) is 5.58. The van der Waals surface area contributed by atoms with Crippen molar-refractivity contribution in [1.82, 2.24) is 9.80 Å². The molecule has 1 atom stereocenters. The van der Waals surface area contributed by atoms with Gasteiger partial charge in [0.05, 0.1) is 13.1 Å². The summed E-state index contributed by atoms with van der Waals surface area (Å²) in [5, 5.41) is 11.0. The van der Waals surface area contributed by atoms with E-state index in [9.17, 15) is 9.90 Å². The quantitative estimate of drug-likeness (QED) is 0.823. The standard InChI is InChI=1S/C14H16N2O2S/c17-12-14(18)7-4-8-15(10-14)13(19)16(12)9-11-5-2-1-3-6-11/h1-3,5-6,18H,4,7-10H2. The van der Waals surface area contributed by atoms with E-state index in [2.05, 4.69) is 0 Å². The molecule has 0 saturated carbocycles. The zero-order valence-corrected chi connectivity index (χ0v) is 11.4. The molecule has 2 aliphatic heterocycles. The van der Waals surface area contributed by atoms with Crippen molar-refractivity contribution in [3.05, 3.63) is 35.9 Å². The van der Waals surface area contributed by atoms with Gasteiger partial charge in [0.1, 0.15) is 0 Å². The van der Waals surface area contributed by atoms with E-state index in [0.29, 0.717) is 24.6 Å². The van der Waals surface area contributed by atoms with Gasteiger partial charge in [0.15, 0.2) is 10.7 Å². The van der Waals surface area contributed by atoms with Crippen LogP contribution < -0.4 is 0 Å². The Morgan fingerprint density at radius 1 is 1.32 bits per heavy atom. The number of nitrogens with zero attached hydrogens (tertiary/aromatic N) is 2. The van der Waals surface area contributed by atoms with Gasteiger partial charge in [-0.1, -0.05) is 30.3 Å². The van der Waals surface area contributed by atoms with Crippen LogP contribution in [0.4, 0.5) is 0 Å². The van der Waals surface area contributed by atoms with Crippen LogP contribution in [-0.2, 0) is 11.3 Å². The maximum absolute atomic E-state index is 12.4. The Kier molecular flexibility index (Phi) is 3.03. The number of hydrogen-bond acceptors (Lipinski definition) is 3. The lowest BCUT2D eigenvalue weighted by atomic mass is 9.89. The summed E-state index contributed by atoms with van der Waals surface area (Å²) in [4.78, 5) is 15.9. The highest BCUT2D eigenvalue weighted by atomic mass is 32.1. The minimum Gasteiger partial charge on any atom is -0.378 e. The third kappa shape index (κ3) is 2.13. The average Bonchev–Trinajstić information content (AvgIpc) is 2.43. The fraction of sp³-hybridized carbons (Fsp3) is 0.429. The summed E-state index contributed by atoms with van der Waals surface area (Å²) in [5.41, 5.74) is -0.238. The summed E-state index contributed by atoms with van der Waals surface area (Å²) in [6.07, 6.45) is 1.33. The molecule has 2 aliphatic rings. The Hall–Kier alpha value is -1.46. The molecule has 1 unspecified atom stereocenters. The van der Waals surface area contributed by atoms with E-state index in [1.807, 2.05) is 35.2 Å². The molecule has 1 N–H and O–H groups in total. The largest absolute Gasteiger partial charge is 0.378 e. The zero-order valence-electron chi connectivity index (χ0n) is 10.6. The molecule has 19 heavy (non-hydrogen) atoms. The van der Waals surface area contributed by atoms with Gasteiger partial charge in [-0.25, -0.2) is 0 Å². The van der Waals surface area contributed by atoms with Gasteiger partial charge in [-0.2, -0.15) is 0 Å². The van der Waals surface area contributed by atoms with Gasteiger partial charge in [0.2, 0.25) is 0 Å². The first-order valence-corrected chi connectivity index (χ1v) is 6.88. The SMILES string of the molecule is O=C1N(Cc2ccccc2)C(=S)N2CCCC1(O)C2. The fourth-order valence-electron chi connectivity index (χ4n) is 2.79. The maximum Gasteiger partial charge on any atom is 0.262 e. The number of rotatable bonds is 2. The van der Waals surface area contributed by atoms with Crippen molar-refractivity contribution < 1.29 is 9.90 Å². The number of aliphatic hydroxyl groups is 1. The number of carbonyl (C=O) groups is 1. The van der Waals surface area contributed by atoms with Gasteiger partial charge in [-0.05, 0) is 30.6 Å². The van der Waals surface area contributed by atoms with Crippen molar-refractivity contribution in [2.45, 2.75) is 25.0 Å². The van der Waals surface area contributed by atoms with Gasteiger partial charge in [0, 0.05) is 6.54 Å². The van der Waals surface area contributed by atoms with Crippen molar-refractivity contribution in [3.8, 4) is 0 Å². The smallest absolute Gasteiger partial charge is 0.262 e. The molecule has 1 aromatic rings. The van der Waals surface area contributed by atoms with Crippen LogP contribution in [0.25, 0.3) is 0 Å². The molecule has 2 saturated heterocycles. The monoisotopic (exact) mass is 276 g/mol. The molecule has 3 rings (SSSR count). The lowest BCUT2D eigenvalue weighted by Crippen LogP contribution is -2.67. The molecule has 0 aliphatic carbocycles. The lowest BCUT2D eigenvalue weighted by molar-refractivity contribution is -0.157. The van der Waals surface area contributed by atoms with Crippen LogP contribution in [0.15, 0.2) is 30.3 Å². The normalized spacial score (nSPS) is 26.8. The highest BCUT2D eigenvalue weighted by molar-refractivity contribution is 7.80. The van der Waals surface area contributed by atoms with Crippen molar-refractivity contribution in [2.75, 3.05) is 13.1 Å². The number of benzene rings is 1. The molecule has 2 bridgehead atoms. The molecule has 1 aromatic carbocycles. The molecular weight excluding hydrogens is 260 g/mol. The minimum atomic E-state index is -1.25. The summed E-state index contributed by atoms with van der Waals surface area (Å²) in [6.45, 7) is 1.59. The number of hydrogen-bond donors (Lipinski definition) is 1. The van der Waals surface area contributed by atoms with Crippen LogP contribution in [-0.4, -0.2) is 44.6 Å². The van der Waals surface area contributed by atoms with E-state index in [4.69, 9.17) is 12.2 Å². The van der Waals surface area contributed by atoms with Gasteiger partial charge in [0.25, 0.3) is 5.91 Å². The zero-order chi connectivity index (χ0) is 13.5. The number of fused-ring (bicyclic) bond motifs is 2. The molecular formula is C14H16N2O2S. The molecule has 0 spiro atoms. The molecule has 4 nitrogen and oxygen atoms in total. The highest BCUT2D eigenvalue weighted by Gasteiger charge is 2.49. The maximum atomic E-state index is 12.4. The Morgan fingerprint density at radius 3 is 2.79 bits per heavy atom. The average molecular weight is 276 g/mol. The second-order valence-electron chi connectivity index (χ2n) is 5.22. The topological polar surface area (TPSA) is 43.8 Å². The Labute approximate surface area is 117 Å². The van der Waals surface area contributed by atoms with Crippen molar-refractivity contribution in [2.24, 2.45) is 0 Å². The van der Waals surface area contributed by atoms with Crippen LogP contribution in [0.1, 0.15) is 18.4 Å². The van der Waals surface area contributed by atoms with Gasteiger partial charge >= 0.3 is 0 Å². The molecule has 2 fully saturated rings. The minimum absolute atomic E-state index is 0.252. The van der Waals surface area contributed by atoms with E-state index in [0.717, 1.165) is 18.5 Å².